The molecule has 0 aliphatic carbocycles. The van der Waals surface area contributed by atoms with Crippen LogP contribution in [0.2, 0.25) is 0 Å². The highest BCUT2D eigenvalue weighted by Crippen LogP contribution is 2.18. The summed E-state index contributed by atoms with van der Waals surface area (Å²) in [6.45, 7) is 2.71. The number of nitrogen functional groups attached to an aromatic ring is 1. The molecule has 98 valence electrons. The molecule has 0 amide bonds. The summed E-state index contributed by atoms with van der Waals surface area (Å²) in [5.74, 6) is 0.733. The highest BCUT2D eigenvalue weighted by atomic mass is 16.3. The predicted molar refractivity (Wildman–Crippen MR) is 73.3 cm³/mol. The van der Waals surface area contributed by atoms with Gasteiger partial charge in [0.15, 0.2) is 5.58 Å². The third-order valence-electron chi connectivity index (χ3n) is 2.79. The van der Waals surface area contributed by atoms with Crippen molar-refractivity contribution in [2.24, 2.45) is 0 Å². The lowest BCUT2D eigenvalue weighted by molar-refractivity contribution is 0.256. The van der Waals surface area contributed by atoms with E-state index in [1.807, 2.05) is 18.2 Å². The second-order valence-corrected chi connectivity index (χ2v) is 4.88. The second-order valence-electron chi connectivity index (χ2n) is 4.88. The van der Waals surface area contributed by atoms with Gasteiger partial charge in [-0.25, -0.2) is 4.98 Å². The summed E-state index contributed by atoms with van der Waals surface area (Å²) in [6.07, 6.45) is 0. The third kappa shape index (κ3) is 3.21. The van der Waals surface area contributed by atoms with E-state index < -0.39 is 0 Å². The molecular formula is C13H20N4O. The molecule has 0 unspecified atom stereocenters. The zero-order valence-electron chi connectivity index (χ0n) is 11.2. The average molecular weight is 248 g/mol. The standard InChI is InChI=1S/C13H20N4O/c1-16(2)6-7-17(3)9-13-15-11-5-4-10(14)8-12(11)18-13/h4-5,8H,6-7,9,14H2,1-3H3. The van der Waals surface area contributed by atoms with Crippen molar-refractivity contribution in [1.29, 1.82) is 0 Å². The van der Waals surface area contributed by atoms with Crippen LogP contribution in [-0.2, 0) is 6.54 Å². The van der Waals surface area contributed by atoms with E-state index in [0.29, 0.717) is 12.2 Å². The highest BCUT2D eigenvalue weighted by molar-refractivity contribution is 5.76. The van der Waals surface area contributed by atoms with E-state index in [0.717, 1.165) is 30.1 Å². The fourth-order valence-corrected chi connectivity index (χ4v) is 1.74. The molecule has 0 saturated heterocycles. The van der Waals surface area contributed by atoms with Crippen LogP contribution in [0.1, 0.15) is 5.89 Å². The van der Waals surface area contributed by atoms with E-state index in [4.69, 9.17) is 10.2 Å². The molecule has 1 aromatic heterocycles. The average Bonchev–Trinajstić information content (AvgIpc) is 2.67. The van der Waals surface area contributed by atoms with Crippen LogP contribution in [0, 0.1) is 0 Å². The first-order chi connectivity index (χ1) is 8.54. The topological polar surface area (TPSA) is 58.5 Å². The van der Waals surface area contributed by atoms with Crippen molar-refractivity contribution in [2.75, 3.05) is 40.0 Å². The van der Waals surface area contributed by atoms with E-state index in [1.165, 1.54) is 0 Å². The summed E-state index contributed by atoms with van der Waals surface area (Å²) in [7, 11) is 6.19. The van der Waals surface area contributed by atoms with Crippen molar-refractivity contribution in [1.82, 2.24) is 14.8 Å². The molecule has 0 radical (unpaired) electrons. The molecule has 18 heavy (non-hydrogen) atoms. The van der Waals surface area contributed by atoms with Gasteiger partial charge in [-0.1, -0.05) is 0 Å². The van der Waals surface area contributed by atoms with Gasteiger partial charge in [0.05, 0.1) is 6.54 Å². The van der Waals surface area contributed by atoms with E-state index in [-0.39, 0.29) is 0 Å². The maximum absolute atomic E-state index is 5.71. The van der Waals surface area contributed by atoms with Crippen LogP contribution in [0.5, 0.6) is 0 Å². The van der Waals surface area contributed by atoms with Crippen LogP contribution >= 0.6 is 0 Å². The molecule has 0 atom stereocenters. The monoisotopic (exact) mass is 248 g/mol. The Hall–Kier alpha value is -1.59. The molecule has 2 N–H and O–H groups in total. The summed E-state index contributed by atoms with van der Waals surface area (Å²) < 4.78 is 5.68. The highest BCUT2D eigenvalue weighted by Gasteiger charge is 2.08. The lowest BCUT2D eigenvalue weighted by Gasteiger charge is -2.17. The summed E-state index contributed by atoms with van der Waals surface area (Å²) in [5.41, 5.74) is 8.03. The normalized spacial score (nSPS) is 11.8. The summed E-state index contributed by atoms with van der Waals surface area (Å²) in [6, 6.07) is 5.54. The van der Waals surface area contributed by atoms with Gasteiger partial charge in [-0.05, 0) is 33.3 Å². The zero-order chi connectivity index (χ0) is 13.1. The molecule has 0 aliphatic rings. The first-order valence-corrected chi connectivity index (χ1v) is 6.03. The van der Waals surface area contributed by atoms with Gasteiger partial charge in [0, 0.05) is 24.8 Å². The minimum absolute atomic E-state index is 0.700. The van der Waals surface area contributed by atoms with Gasteiger partial charge < -0.3 is 15.1 Å². The molecule has 2 aromatic rings. The summed E-state index contributed by atoms with van der Waals surface area (Å²) in [5, 5.41) is 0. The fourth-order valence-electron chi connectivity index (χ4n) is 1.74. The predicted octanol–water partition coefficient (Wildman–Crippen LogP) is 1.40. The van der Waals surface area contributed by atoms with Gasteiger partial charge >= 0.3 is 0 Å². The Balaban J connectivity index is 2.03. The van der Waals surface area contributed by atoms with Gasteiger partial charge in [0.25, 0.3) is 0 Å². The van der Waals surface area contributed by atoms with Gasteiger partial charge in [0.2, 0.25) is 5.89 Å². The molecule has 0 bridgehead atoms. The van der Waals surface area contributed by atoms with Crippen molar-refractivity contribution in [3.8, 4) is 0 Å². The van der Waals surface area contributed by atoms with Crippen molar-refractivity contribution in [3.05, 3.63) is 24.1 Å². The number of oxazole rings is 1. The number of hydrogen-bond donors (Lipinski definition) is 1. The van der Waals surface area contributed by atoms with Crippen molar-refractivity contribution >= 4 is 16.8 Å². The molecule has 0 aliphatic heterocycles. The van der Waals surface area contributed by atoms with Gasteiger partial charge in [0.1, 0.15) is 5.52 Å². The van der Waals surface area contributed by atoms with Crippen molar-refractivity contribution in [2.45, 2.75) is 6.54 Å². The number of fused-ring (bicyclic) bond motifs is 1. The molecule has 0 spiro atoms. The van der Waals surface area contributed by atoms with Crippen molar-refractivity contribution in [3.63, 3.8) is 0 Å². The number of nitrogens with zero attached hydrogens (tertiary/aromatic N) is 3. The first kappa shape index (κ1) is 12.9. The van der Waals surface area contributed by atoms with E-state index in [9.17, 15) is 0 Å². The molecule has 5 heteroatoms. The van der Waals surface area contributed by atoms with Crippen molar-refractivity contribution < 1.29 is 4.42 Å². The molecule has 2 rings (SSSR count). The number of anilines is 1. The summed E-state index contributed by atoms with van der Waals surface area (Å²) >= 11 is 0. The Morgan fingerprint density at radius 1 is 1.22 bits per heavy atom. The van der Waals surface area contributed by atoms with Crippen LogP contribution in [0.25, 0.3) is 11.1 Å². The van der Waals surface area contributed by atoms with Gasteiger partial charge in [-0.15, -0.1) is 0 Å². The number of rotatable bonds is 5. The molecule has 1 aromatic carbocycles. The maximum atomic E-state index is 5.71. The number of nitrogens with two attached hydrogens (primary N) is 1. The Bertz CT molecular complexity index is 521. The minimum Gasteiger partial charge on any atom is -0.439 e. The van der Waals surface area contributed by atoms with Crippen LogP contribution in [0.4, 0.5) is 5.69 Å². The number of aromatic nitrogens is 1. The fraction of sp³-hybridized carbons (Fsp3) is 0.462. The summed E-state index contributed by atoms with van der Waals surface area (Å²) in [4.78, 5) is 8.79. The molecule has 1 heterocycles. The smallest absolute Gasteiger partial charge is 0.209 e. The Morgan fingerprint density at radius 3 is 2.72 bits per heavy atom. The SMILES string of the molecule is CN(C)CCN(C)Cc1nc2ccc(N)cc2o1. The first-order valence-electron chi connectivity index (χ1n) is 6.03. The Labute approximate surface area is 107 Å². The second kappa shape index (κ2) is 5.37. The lowest BCUT2D eigenvalue weighted by Crippen LogP contribution is -2.28. The quantitative estimate of drug-likeness (QED) is 0.811. The lowest BCUT2D eigenvalue weighted by atomic mass is 10.3. The minimum atomic E-state index is 0.700. The van der Waals surface area contributed by atoms with E-state index in [1.54, 1.807) is 0 Å². The zero-order valence-corrected chi connectivity index (χ0v) is 11.2. The van der Waals surface area contributed by atoms with Crippen LogP contribution in [-0.4, -0.2) is 49.0 Å². The largest absolute Gasteiger partial charge is 0.439 e. The molecular weight excluding hydrogens is 228 g/mol. The van der Waals surface area contributed by atoms with Gasteiger partial charge in [-0.3, -0.25) is 4.90 Å². The third-order valence-corrected chi connectivity index (χ3v) is 2.79. The molecule has 0 saturated carbocycles. The van der Waals surface area contributed by atoms with Crippen LogP contribution in [0.15, 0.2) is 22.6 Å². The molecule has 0 fully saturated rings. The molecule has 5 nitrogen and oxygen atoms in total. The number of likely N-dealkylation sites (N-methyl/N-ethyl adjacent to an activating group) is 2. The van der Waals surface area contributed by atoms with Gasteiger partial charge in [-0.2, -0.15) is 0 Å². The van der Waals surface area contributed by atoms with E-state index in [2.05, 4.69) is 35.9 Å². The van der Waals surface area contributed by atoms with Crippen LogP contribution in [0.3, 0.4) is 0 Å². The number of benzene rings is 1. The number of hydrogen-bond acceptors (Lipinski definition) is 5. The van der Waals surface area contributed by atoms with Crippen LogP contribution < -0.4 is 5.73 Å². The van der Waals surface area contributed by atoms with E-state index >= 15 is 0 Å². The Morgan fingerprint density at radius 2 is 2.00 bits per heavy atom. The Kier molecular flexibility index (Phi) is 3.84. The maximum Gasteiger partial charge on any atom is 0.209 e.